The molecule has 3 atom stereocenters. The highest BCUT2D eigenvalue weighted by molar-refractivity contribution is 5.08. The average Bonchev–Trinajstić information content (AvgIpc) is 2.55. The van der Waals surface area contributed by atoms with E-state index in [1.165, 1.54) is 13.0 Å². The van der Waals surface area contributed by atoms with Gasteiger partial charge in [0.15, 0.2) is 0 Å². The Morgan fingerprint density at radius 2 is 2.00 bits per heavy atom. The zero-order valence-corrected chi connectivity index (χ0v) is 7.28. The maximum Gasteiger partial charge on any atom is 0.0513 e. The number of fused-ring (bicyclic) bond motifs is 1. The number of rotatable bonds is 1. The van der Waals surface area contributed by atoms with Crippen molar-refractivity contribution in [1.29, 1.82) is 0 Å². The highest BCUT2D eigenvalue weighted by Gasteiger charge is 2.57. The van der Waals surface area contributed by atoms with E-state index in [9.17, 15) is 0 Å². The summed E-state index contributed by atoms with van der Waals surface area (Å²) in [5.74, 6) is 1.71. The third-order valence-electron chi connectivity index (χ3n) is 3.58. The molecular weight excluding hydrogens is 152 g/mol. The van der Waals surface area contributed by atoms with E-state index < -0.39 is 0 Å². The minimum absolute atomic E-state index is 0.437. The molecule has 0 aromatic heterocycles. The van der Waals surface area contributed by atoms with E-state index in [-0.39, 0.29) is 0 Å². The van der Waals surface area contributed by atoms with Gasteiger partial charge in [-0.2, -0.15) is 0 Å². The topological polar surface area (TPSA) is 38.5 Å². The summed E-state index contributed by atoms with van der Waals surface area (Å²) in [5.41, 5.74) is 5.87. The lowest BCUT2D eigenvalue weighted by Gasteiger charge is -2.17. The number of nitrogens with two attached hydrogens (primary N) is 1. The van der Waals surface area contributed by atoms with Crippen molar-refractivity contribution >= 4 is 0 Å². The molecule has 12 heavy (non-hydrogen) atoms. The summed E-state index contributed by atoms with van der Waals surface area (Å²) < 4.78 is 5.37. The Hall–Kier alpha value is -0.120. The third-order valence-corrected chi connectivity index (χ3v) is 3.58. The van der Waals surface area contributed by atoms with Crippen LogP contribution in [0.2, 0.25) is 0 Å². The summed E-state index contributed by atoms with van der Waals surface area (Å²) in [6, 6.07) is 1.28. The molecule has 3 nitrogen and oxygen atoms in total. The van der Waals surface area contributed by atoms with Crippen LogP contribution in [-0.4, -0.2) is 43.3 Å². The molecule has 3 fully saturated rings. The maximum atomic E-state index is 5.87. The highest BCUT2D eigenvalue weighted by Crippen LogP contribution is 2.48. The molecule has 0 bridgehead atoms. The summed E-state index contributed by atoms with van der Waals surface area (Å²) in [7, 11) is 0. The predicted molar refractivity (Wildman–Crippen MR) is 45.8 cm³/mol. The van der Waals surface area contributed by atoms with Gasteiger partial charge < -0.3 is 10.5 Å². The average molecular weight is 168 g/mol. The van der Waals surface area contributed by atoms with Gasteiger partial charge in [-0.1, -0.05) is 0 Å². The van der Waals surface area contributed by atoms with Crippen LogP contribution in [0.25, 0.3) is 0 Å². The fourth-order valence-electron chi connectivity index (χ4n) is 2.84. The largest absolute Gasteiger partial charge is 0.381 e. The van der Waals surface area contributed by atoms with Gasteiger partial charge in [0.1, 0.15) is 0 Å². The van der Waals surface area contributed by atoms with E-state index in [2.05, 4.69) is 4.90 Å². The van der Waals surface area contributed by atoms with E-state index in [4.69, 9.17) is 10.5 Å². The number of ether oxygens (including phenoxy) is 1. The lowest BCUT2D eigenvalue weighted by molar-refractivity contribution is 0.131. The van der Waals surface area contributed by atoms with Crippen molar-refractivity contribution in [2.45, 2.75) is 18.5 Å². The van der Waals surface area contributed by atoms with E-state index in [0.717, 1.165) is 37.6 Å². The van der Waals surface area contributed by atoms with E-state index in [1.807, 2.05) is 0 Å². The zero-order valence-electron chi connectivity index (χ0n) is 7.28. The molecule has 1 saturated carbocycles. The fraction of sp³-hybridized carbons (Fsp3) is 1.00. The first-order valence-corrected chi connectivity index (χ1v) is 4.93. The SMILES string of the molecule is NC1CCN(C2C3COCC32)C1. The number of hydrogen-bond acceptors (Lipinski definition) is 3. The van der Waals surface area contributed by atoms with Crippen LogP contribution in [0.1, 0.15) is 6.42 Å². The van der Waals surface area contributed by atoms with Crippen molar-refractivity contribution in [1.82, 2.24) is 4.90 Å². The monoisotopic (exact) mass is 168 g/mol. The van der Waals surface area contributed by atoms with Crippen LogP contribution in [0, 0.1) is 11.8 Å². The number of hydrogen-bond donors (Lipinski definition) is 1. The van der Waals surface area contributed by atoms with Crippen molar-refractivity contribution < 1.29 is 4.74 Å². The maximum absolute atomic E-state index is 5.87. The first kappa shape index (κ1) is 7.30. The van der Waals surface area contributed by atoms with Crippen LogP contribution in [0.5, 0.6) is 0 Å². The molecule has 0 radical (unpaired) electrons. The van der Waals surface area contributed by atoms with Crippen molar-refractivity contribution in [2.24, 2.45) is 17.6 Å². The Bertz CT molecular complexity index is 187. The van der Waals surface area contributed by atoms with Gasteiger partial charge in [0, 0.05) is 37.0 Å². The smallest absolute Gasteiger partial charge is 0.0513 e. The molecule has 68 valence electrons. The third kappa shape index (κ3) is 0.934. The van der Waals surface area contributed by atoms with Crippen LogP contribution < -0.4 is 5.73 Å². The molecule has 0 aromatic rings. The molecule has 2 N–H and O–H groups in total. The van der Waals surface area contributed by atoms with Gasteiger partial charge >= 0.3 is 0 Å². The summed E-state index contributed by atoms with van der Waals surface area (Å²) >= 11 is 0. The van der Waals surface area contributed by atoms with Crippen molar-refractivity contribution in [3.63, 3.8) is 0 Å². The van der Waals surface area contributed by atoms with Crippen LogP contribution in [0.15, 0.2) is 0 Å². The Morgan fingerprint density at radius 1 is 1.25 bits per heavy atom. The van der Waals surface area contributed by atoms with Gasteiger partial charge in [-0.15, -0.1) is 0 Å². The first-order valence-electron chi connectivity index (χ1n) is 4.93. The number of likely N-dealkylation sites (tertiary alicyclic amines) is 1. The molecule has 0 spiro atoms. The second-order valence-corrected chi connectivity index (χ2v) is 4.40. The Labute approximate surface area is 72.9 Å². The predicted octanol–water partition coefficient (Wildman–Crippen LogP) is -0.336. The quantitative estimate of drug-likeness (QED) is 0.582. The molecular formula is C9H16N2O. The van der Waals surface area contributed by atoms with Crippen molar-refractivity contribution in [3.8, 4) is 0 Å². The van der Waals surface area contributed by atoms with Crippen LogP contribution in [0.3, 0.4) is 0 Å². The van der Waals surface area contributed by atoms with Crippen molar-refractivity contribution in [3.05, 3.63) is 0 Å². The Morgan fingerprint density at radius 3 is 2.58 bits per heavy atom. The molecule has 3 aliphatic rings. The van der Waals surface area contributed by atoms with Gasteiger partial charge in [-0.25, -0.2) is 0 Å². The molecule has 0 aromatic carbocycles. The summed E-state index contributed by atoms with van der Waals surface area (Å²) in [4.78, 5) is 2.57. The molecule has 3 unspecified atom stereocenters. The molecule has 2 saturated heterocycles. The summed E-state index contributed by atoms with van der Waals surface area (Å²) in [6.07, 6.45) is 1.19. The van der Waals surface area contributed by atoms with Gasteiger partial charge in [-0.05, 0) is 6.42 Å². The van der Waals surface area contributed by atoms with E-state index >= 15 is 0 Å². The second-order valence-electron chi connectivity index (χ2n) is 4.40. The standard InChI is InChI=1S/C9H16N2O/c10-6-1-2-11(3-6)9-7-4-12-5-8(7)9/h6-9H,1-5,10H2. The fourth-order valence-corrected chi connectivity index (χ4v) is 2.84. The first-order chi connectivity index (χ1) is 5.86. The van der Waals surface area contributed by atoms with E-state index in [0.29, 0.717) is 6.04 Å². The Kier molecular flexibility index (Phi) is 1.48. The van der Waals surface area contributed by atoms with Gasteiger partial charge in [0.2, 0.25) is 0 Å². The molecule has 1 aliphatic carbocycles. The van der Waals surface area contributed by atoms with Gasteiger partial charge in [0.25, 0.3) is 0 Å². The molecule has 2 heterocycles. The second kappa shape index (κ2) is 2.44. The molecule has 3 heteroatoms. The Balaban J connectivity index is 1.62. The van der Waals surface area contributed by atoms with Crippen LogP contribution in [0.4, 0.5) is 0 Å². The number of nitrogens with zero attached hydrogens (tertiary/aromatic N) is 1. The zero-order chi connectivity index (χ0) is 8.13. The lowest BCUT2D eigenvalue weighted by atomic mass is 10.3. The molecule has 2 aliphatic heterocycles. The molecule has 0 amide bonds. The summed E-state index contributed by atoms with van der Waals surface area (Å²) in [5, 5.41) is 0. The highest BCUT2D eigenvalue weighted by atomic mass is 16.5. The van der Waals surface area contributed by atoms with Gasteiger partial charge in [-0.3, -0.25) is 4.90 Å². The van der Waals surface area contributed by atoms with Crippen LogP contribution >= 0.6 is 0 Å². The summed E-state index contributed by atoms with van der Waals surface area (Å²) in [6.45, 7) is 4.35. The minimum atomic E-state index is 0.437. The lowest BCUT2D eigenvalue weighted by Crippen LogP contribution is -2.31. The normalized spacial score (nSPS) is 52.8. The van der Waals surface area contributed by atoms with Crippen LogP contribution in [-0.2, 0) is 4.74 Å². The van der Waals surface area contributed by atoms with Crippen molar-refractivity contribution in [2.75, 3.05) is 26.3 Å². The van der Waals surface area contributed by atoms with Gasteiger partial charge in [0.05, 0.1) is 13.2 Å². The molecule has 3 rings (SSSR count). The van der Waals surface area contributed by atoms with E-state index in [1.54, 1.807) is 0 Å². The minimum Gasteiger partial charge on any atom is -0.381 e.